The van der Waals surface area contributed by atoms with Crippen LogP contribution in [-0.2, 0) is 6.18 Å². The molecule has 0 aliphatic carbocycles. The molecule has 68 valence electrons. The first kappa shape index (κ1) is 9.47. The van der Waals surface area contributed by atoms with Gasteiger partial charge in [0.2, 0.25) is 0 Å². The Morgan fingerprint density at radius 1 is 1.58 bits per heavy atom. The van der Waals surface area contributed by atoms with Crippen LogP contribution in [0.15, 0.2) is 5.38 Å². The van der Waals surface area contributed by atoms with Gasteiger partial charge < -0.3 is 5.73 Å². The third-order valence-electron chi connectivity index (χ3n) is 1.23. The number of aromatic nitrogens is 1. The van der Waals surface area contributed by atoms with E-state index in [1.165, 1.54) is 5.38 Å². The molecule has 0 saturated heterocycles. The van der Waals surface area contributed by atoms with Crippen LogP contribution in [0.4, 0.5) is 13.2 Å². The van der Waals surface area contributed by atoms with Crippen molar-refractivity contribution < 1.29 is 13.2 Å². The van der Waals surface area contributed by atoms with Crippen molar-refractivity contribution in [2.24, 2.45) is 5.73 Å². The highest BCUT2D eigenvalue weighted by atomic mass is 32.1. The number of halogens is 3. The molecule has 2 nitrogen and oxygen atoms in total. The molecule has 0 spiro atoms. The molecular formula is C6H7F3N2S. The Balaban J connectivity index is 2.92. The summed E-state index contributed by atoms with van der Waals surface area (Å²) in [6.45, 7) is 1.59. The fourth-order valence-corrected chi connectivity index (χ4v) is 1.42. The van der Waals surface area contributed by atoms with Gasteiger partial charge in [-0.3, -0.25) is 0 Å². The maximum atomic E-state index is 12.0. The van der Waals surface area contributed by atoms with E-state index in [2.05, 4.69) is 4.98 Å². The molecule has 1 heterocycles. The van der Waals surface area contributed by atoms with Crippen LogP contribution < -0.4 is 5.73 Å². The standard InChI is InChI=1S/C6H7F3N2S/c1-3(10)4-2-12-5(11-4)6(7,8)9/h2-3H,10H2,1H3. The van der Waals surface area contributed by atoms with Crippen molar-refractivity contribution in [1.29, 1.82) is 0 Å². The fraction of sp³-hybridized carbons (Fsp3) is 0.500. The normalized spacial score (nSPS) is 14.8. The van der Waals surface area contributed by atoms with E-state index in [1.54, 1.807) is 6.92 Å². The third-order valence-corrected chi connectivity index (χ3v) is 2.14. The van der Waals surface area contributed by atoms with E-state index in [-0.39, 0.29) is 5.69 Å². The largest absolute Gasteiger partial charge is 0.443 e. The SMILES string of the molecule is CC(N)c1csc(C(F)(F)F)n1. The Kier molecular flexibility index (Phi) is 2.39. The number of hydrogen-bond acceptors (Lipinski definition) is 3. The van der Waals surface area contributed by atoms with E-state index < -0.39 is 17.2 Å². The summed E-state index contributed by atoms with van der Waals surface area (Å²) in [7, 11) is 0. The quantitative estimate of drug-likeness (QED) is 0.747. The first-order valence-electron chi connectivity index (χ1n) is 3.19. The van der Waals surface area contributed by atoms with E-state index in [4.69, 9.17) is 5.73 Å². The molecular weight excluding hydrogens is 189 g/mol. The molecule has 6 heteroatoms. The van der Waals surface area contributed by atoms with Crippen molar-refractivity contribution in [1.82, 2.24) is 4.98 Å². The maximum absolute atomic E-state index is 12.0. The second-order valence-electron chi connectivity index (χ2n) is 2.36. The molecule has 0 aliphatic rings. The molecule has 1 aromatic heterocycles. The Bertz CT molecular complexity index is 266. The summed E-state index contributed by atoms with van der Waals surface area (Å²) in [6.07, 6.45) is -4.35. The molecule has 0 saturated carbocycles. The van der Waals surface area contributed by atoms with Gasteiger partial charge in [-0.15, -0.1) is 11.3 Å². The van der Waals surface area contributed by atoms with Crippen LogP contribution in [0.2, 0.25) is 0 Å². The zero-order valence-corrected chi connectivity index (χ0v) is 7.04. The Morgan fingerprint density at radius 3 is 2.42 bits per heavy atom. The molecule has 0 aliphatic heterocycles. The van der Waals surface area contributed by atoms with Crippen molar-refractivity contribution in [3.05, 3.63) is 16.1 Å². The topological polar surface area (TPSA) is 38.9 Å². The average Bonchev–Trinajstić information content (AvgIpc) is 2.30. The number of alkyl halides is 3. The molecule has 1 rings (SSSR count). The number of nitrogens with zero attached hydrogens (tertiary/aromatic N) is 1. The monoisotopic (exact) mass is 196 g/mol. The number of nitrogens with two attached hydrogens (primary N) is 1. The molecule has 0 bridgehead atoms. The summed E-state index contributed by atoms with van der Waals surface area (Å²) in [5.74, 6) is 0. The van der Waals surface area contributed by atoms with Gasteiger partial charge in [-0.25, -0.2) is 4.98 Å². The minimum absolute atomic E-state index is 0.285. The van der Waals surface area contributed by atoms with Crippen molar-refractivity contribution >= 4 is 11.3 Å². The second-order valence-corrected chi connectivity index (χ2v) is 3.22. The first-order valence-corrected chi connectivity index (χ1v) is 4.07. The van der Waals surface area contributed by atoms with Crippen LogP contribution in [0.25, 0.3) is 0 Å². The van der Waals surface area contributed by atoms with E-state index in [0.717, 1.165) is 0 Å². The number of thiazole rings is 1. The van der Waals surface area contributed by atoms with Gasteiger partial charge in [0.05, 0.1) is 5.69 Å². The molecule has 1 atom stereocenters. The second kappa shape index (κ2) is 3.02. The molecule has 0 aromatic carbocycles. The van der Waals surface area contributed by atoms with Crippen LogP contribution in [-0.4, -0.2) is 4.98 Å². The van der Waals surface area contributed by atoms with Gasteiger partial charge in [0.1, 0.15) is 0 Å². The lowest BCUT2D eigenvalue weighted by atomic mass is 10.3. The van der Waals surface area contributed by atoms with Crippen LogP contribution >= 0.6 is 11.3 Å². The van der Waals surface area contributed by atoms with Crippen molar-refractivity contribution in [3.8, 4) is 0 Å². The maximum Gasteiger partial charge on any atom is 0.443 e. The van der Waals surface area contributed by atoms with Gasteiger partial charge >= 0.3 is 6.18 Å². The van der Waals surface area contributed by atoms with Gasteiger partial charge in [-0.1, -0.05) is 0 Å². The summed E-state index contributed by atoms with van der Waals surface area (Å²) >= 11 is 0.569. The summed E-state index contributed by atoms with van der Waals surface area (Å²) in [6, 6.07) is -0.447. The predicted molar refractivity (Wildman–Crippen MR) is 39.7 cm³/mol. The zero-order valence-electron chi connectivity index (χ0n) is 6.22. The van der Waals surface area contributed by atoms with Gasteiger partial charge in [0.15, 0.2) is 5.01 Å². The minimum Gasteiger partial charge on any atom is -0.323 e. The predicted octanol–water partition coefficient (Wildman–Crippen LogP) is 2.18. The fourth-order valence-electron chi connectivity index (χ4n) is 0.625. The van der Waals surface area contributed by atoms with E-state index in [0.29, 0.717) is 11.3 Å². The third kappa shape index (κ3) is 1.95. The molecule has 1 aromatic rings. The summed E-state index contributed by atoms with van der Waals surface area (Å²) in [4.78, 5) is 3.35. The summed E-state index contributed by atoms with van der Waals surface area (Å²) in [5.41, 5.74) is 5.63. The molecule has 0 amide bonds. The lowest BCUT2D eigenvalue weighted by Crippen LogP contribution is -2.08. The van der Waals surface area contributed by atoms with E-state index >= 15 is 0 Å². The van der Waals surface area contributed by atoms with Gasteiger partial charge in [-0.2, -0.15) is 13.2 Å². The molecule has 0 radical (unpaired) electrons. The lowest BCUT2D eigenvalue weighted by Gasteiger charge is -2.00. The minimum atomic E-state index is -4.35. The van der Waals surface area contributed by atoms with Crippen LogP contribution in [0.5, 0.6) is 0 Å². The summed E-state index contributed by atoms with van der Waals surface area (Å²) in [5, 5.41) is 0.489. The Morgan fingerprint density at radius 2 is 2.17 bits per heavy atom. The highest BCUT2D eigenvalue weighted by molar-refractivity contribution is 7.09. The van der Waals surface area contributed by atoms with Crippen LogP contribution in [0.1, 0.15) is 23.7 Å². The van der Waals surface area contributed by atoms with Crippen LogP contribution in [0, 0.1) is 0 Å². The molecule has 0 fully saturated rings. The van der Waals surface area contributed by atoms with Gasteiger partial charge in [0.25, 0.3) is 0 Å². The van der Waals surface area contributed by atoms with Crippen molar-refractivity contribution in [2.45, 2.75) is 19.1 Å². The van der Waals surface area contributed by atoms with Crippen molar-refractivity contribution in [3.63, 3.8) is 0 Å². The van der Waals surface area contributed by atoms with Crippen LogP contribution in [0.3, 0.4) is 0 Å². The molecule has 12 heavy (non-hydrogen) atoms. The van der Waals surface area contributed by atoms with Gasteiger partial charge in [0, 0.05) is 11.4 Å². The Hall–Kier alpha value is -0.620. The molecule has 1 unspecified atom stereocenters. The van der Waals surface area contributed by atoms with Crippen molar-refractivity contribution in [2.75, 3.05) is 0 Å². The highest BCUT2D eigenvalue weighted by Gasteiger charge is 2.34. The smallest absolute Gasteiger partial charge is 0.323 e. The highest BCUT2D eigenvalue weighted by Crippen LogP contribution is 2.32. The average molecular weight is 196 g/mol. The molecule has 2 N–H and O–H groups in total. The summed E-state index contributed by atoms with van der Waals surface area (Å²) < 4.78 is 35.9. The lowest BCUT2D eigenvalue weighted by molar-refractivity contribution is -0.137. The zero-order chi connectivity index (χ0) is 9.35. The van der Waals surface area contributed by atoms with E-state index in [9.17, 15) is 13.2 Å². The first-order chi connectivity index (χ1) is 5.41. The van der Waals surface area contributed by atoms with E-state index in [1.807, 2.05) is 0 Å². The van der Waals surface area contributed by atoms with Gasteiger partial charge in [-0.05, 0) is 6.92 Å². The number of rotatable bonds is 1. The Labute approximate surface area is 71.2 Å². The number of hydrogen-bond donors (Lipinski definition) is 1.